The molecule has 0 radical (unpaired) electrons. The molecule has 0 amide bonds. The van der Waals surface area contributed by atoms with Crippen LogP contribution in [0.25, 0.3) is 0 Å². The Bertz CT molecular complexity index is 487. The smallest absolute Gasteiger partial charge is 0.0940 e. The molecule has 2 aromatic carbocycles. The lowest BCUT2D eigenvalue weighted by atomic mass is 10.1. The van der Waals surface area contributed by atoms with Gasteiger partial charge >= 0.3 is 0 Å². The van der Waals surface area contributed by atoms with Gasteiger partial charge in [0.15, 0.2) is 0 Å². The minimum Gasteiger partial charge on any atom is -0.368 e. The van der Waals surface area contributed by atoms with E-state index < -0.39 is 0 Å². The molecule has 0 aliphatic carbocycles. The number of hydrogen-bond acceptors (Lipinski definition) is 1. The predicted molar refractivity (Wildman–Crippen MR) is 79.2 cm³/mol. The van der Waals surface area contributed by atoms with Crippen molar-refractivity contribution in [3.63, 3.8) is 0 Å². The zero-order valence-electron chi connectivity index (χ0n) is 9.85. The Labute approximate surface area is 121 Å². The van der Waals surface area contributed by atoms with Crippen molar-refractivity contribution in [1.82, 2.24) is 0 Å². The Hall–Kier alpha value is -0.830. The molecule has 94 valence electrons. The summed E-state index contributed by atoms with van der Waals surface area (Å²) in [5.74, 6) is 0. The summed E-state index contributed by atoms with van der Waals surface area (Å²) >= 11 is 9.66. The Morgan fingerprint density at radius 2 is 1.67 bits per heavy atom. The summed E-state index contributed by atoms with van der Waals surface area (Å²) in [6, 6.07) is 17.9. The largest absolute Gasteiger partial charge is 0.368 e. The topological polar surface area (TPSA) is 9.23 Å². The van der Waals surface area contributed by atoms with Crippen LogP contribution in [0.4, 0.5) is 0 Å². The predicted octanol–water partition coefficient (Wildman–Crippen LogP) is 4.99. The van der Waals surface area contributed by atoms with Gasteiger partial charge in [0.1, 0.15) is 0 Å². The van der Waals surface area contributed by atoms with Crippen LogP contribution in [0.5, 0.6) is 0 Å². The normalized spacial score (nSPS) is 12.3. The third-order valence-corrected chi connectivity index (χ3v) is 3.62. The van der Waals surface area contributed by atoms with Gasteiger partial charge in [-0.05, 0) is 11.6 Å². The van der Waals surface area contributed by atoms with Crippen molar-refractivity contribution < 1.29 is 4.74 Å². The summed E-state index contributed by atoms with van der Waals surface area (Å²) in [5.41, 5.74) is 2.18. The molecule has 1 atom stereocenters. The quantitative estimate of drug-likeness (QED) is 0.703. The number of alkyl halides is 1. The van der Waals surface area contributed by atoms with Crippen molar-refractivity contribution in [2.24, 2.45) is 0 Å². The highest BCUT2D eigenvalue weighted by Crippen LogP contribution is 2.27. The molecule has 0 saturated carbocycles. The first kappa shape index (κ1) is 13.6. The van der Waals surface area contributed by atoms with Gasteiger partial charge in [-0.15, -0.1) is 0 Å². The van der Waals surface area contributed by atoms with E-state index in [1.807, 2.05) is 42.5 Å². The summed E-state index contributed by atoms with van der Waals surface area (Å²) in [6.45, 7) is 0.586. The third-order valence-electron chi connectivity index (χ3n) is 2.69. The van der Waals surface area contributed by atoms with Crippen LogP contribution in [0, 0.1) is 0 Å². The van der Waals surface area contributed by atoms with Crippen molar-refractivity contribution in [1.29, 1.82) is 0 Å². The first-order valence-electron chi connectivity index (χ1n) is 5.77. The van der Waals surface area contributed by atoms with Crippen molar-refractivity contribution in [3.8, 4) is 0 Å². The van der Waals surface area contributed by atoms with Gasteiger partial charge in [0.05, 0.1) is 12.7 Å². The minimum absolute atomic E-state index is 0.0288. The lowest BCUT2D eigenvalue weighted by molar-refractivity contribution is 0.0566. The number of hydrogen-bond donors (Lipinski definition) is 0. The van der Waals surface area contributed by atoms with Gasteiger partial charge in [-0.2, -0.15) is 0 Å². The van der Waals surface area contributed by atoms with E-state index in [0.717, 1.165) is 21.5 Å². The molecule has 1 unspecified atom stereocenters. The fourth-order valence-corrected chi connectivity index (χ4v) is 2.52. The van der Waals surface area contributed by atoms with E-state index in [0.29, 0.717) is 6.61 Å². The zero-order chi connectivity index (χ0) is 12.8. The summed E-state index contributed by atoms with van der Waals surface area (Å²) in [7, 11) is 0. The second-order valence-corrected chi connectivity index (χ2v) is 5.02. The van der Waals surface area contributed by atoms with Crippen LogP contribution in [-0.4, -0.2) is 5.33 Å². The summed E-state index contributed by atoms with van der Waals surface area (Å²) < 4.78 is 5.91. The van der Waals surface area contributed by atoms with Crippen LogP contribution in [0.1, 0.15) is 17.2 Å². The molecule has 0 heterocycles. The van der Waals surface area contributed by atoms with E-state index in [9.17, 15) is 0 Å². The van der Waals surface area contributed by atoms with Crippen molar-refractivity contribution in [2.75, 3.05) is 5.33 Å². The lowest BCUT2D eigenvalue weighted by Gasteiger charge is -2.17. The lowest BCUT2D eigenvalue weighted by Crippen LogP contribution is -2.06. The summed E-state index contributed by atoms with van der Waals surface area (Å²) in [4.78, 5) is 0. The highest BCUT2D eigenvalue weighted by atomic mass is 79.9. The van der Waals surface area contributed by atoms with Gasteiger partial charge in [0.2, 0.25) is 0 Å². The van der Waals surface area contributed by atoms with Crippen molar-refractivity contribution in [2.45, 2.75) is 12.7 Å². The first-order chi connectivity index (χ1) is 8.81. The molecule has 2 rings (SSSR count). The first-order valence-corrected chi connectivity index (χ1v) is 7.27. The van der Waals surface area contributed by atoms with Crippen molar-refractivity contribution >= 4 is 27.5 Å². The van der Waals surface area contributed by atoms with Crippen LogP contribution in [0.15, 0.2) is 54.6 Å². The SMILES string of the molecule is Clc1ccccc1C(CBr)OCc1ccccc1. The molecule has 1 nitrogen and oxygen atoms in total. The van der Waals surface area contributed by atoms with Crippen LogP contribution >= 0.6 is 27.5 Å². The van der Waals surface area contributed by atoms with Gasteiger partial charge in [0.25, 0.3) is 0 Å². The molecule has 0 aliphatic heterocycles. The summed E-state index contributed by atoms with van der Waals surface area (Å²) in [5, 5.41) is 1.47. The molecule has 0 spiro atoms. The Morgan fingerprint density at radius 3 is 2.33 bits per heavy atom. The fraction of sp³-hybridized carbons (Fsp3) is 0.200. The Morgan fingerprint density at radius 1 is 1.00 bits per heavy atom. The monoisotopic (exact) mass is 324 g/mol. The second kappa shape index (κ2) is 6.93. The fourth-order valence-electron chi connectivity index (χ4n) is 1.72. The highest BCUT2D eigenvalue weighted by Gasteiger charge is 2.13. The Kier molecular flexibility index (Phi) is 5.24. The molecule has 0 bridgehead atoms. The molecular weight excluding hydrogens is 312 g/mol. The number of ether oxygens (including phenoxy) is 1. The maximum atomic E-state index is 6.18. The molecule has 0 aromatic heterocycles. The zero-order valence-corrected chi connectivity index (χ0v) is 12.2. The molecule has 0 aliphatic rings. The maximum Gasteiger partial charge on any atom is 0.0940 e. The molecule has 0 N–H and O–H groups in total. The van der Waals surface area contributed by atoms with Crippen LogP contribution in [-0.2, 0) is 11.3 Å². The van der Waals surface area contributed by atoms with Gasteiger partial charge in [-0.25, -0.2) is 0 Å². The van der Waals surface area contributed by atoms with E-state index >= 15 is 0 Å². The Balaban J connectivity index is 2.04. The second-order valence-electron chi connectivity index (χ2n) is 3.96. The average molecular weight is 326 g/mol. The van der Waals surface area contributed by atoms with Crippen LogP contribution in [0.3, 0.4) is 0 Å². The molecule has 18 heavy (non-hydrogen) atoms. The molecule has 3 heteroatoms. The maximum absolute atomic E-state index is 6.18. The standard InChI is InChI=1S/C15H14BrClO/c16-10-15(13-8-4-5-9-14(13)17)18-11-12-6-2-1-3-7-12/h1-9,15H,10-11H2. The third kappa shape index (κ3) is 3.58. The average Bonchev–Trinajstić information content (AvgIpc) is 2.42. The number of rotatable bonds is 5. The molecular formula is C15H14BrClO. The number of halogens is 2. The van der Waals surface area contributed by atoms with Gasteiger partial charge in [-0.3, -0.25) is 0 Å². The van der Waals surface area contributed by atoms with Gasteiger partial charge in [-0.1, -0.05) is 76.1 Å². The summed E-state index contributed by atoms with van der Waals surface area (Å²) in [6.07, 6.45) is -0.0288. The van der Waals surface area contributed by atoms with Crippen LogP contribution < -0.4 is 0 Å². The van der Waals surface area contributed by atoms with Crippen molar-refractivity contribution in [3.05, 3.63) is 70.7 Å². The van der Waals surface area contributed by atoms with Gasteiger partial charge in [0, 0.05) is 15.9 Å². The van der Waals surface area contributed by atoms with E-state index in [4.69, 9.17) is 16.3 Å². The molecule has 2 aromatic rings. The molecule has 0 fully saturated rings. The van der Waals surface area contributed by atoms with E-state index in [2.05, 4.69) is 28.1 Å². The highest BCUT2D eigenvalue weighted by molar-refractivity contribution is 9.09. The van der Waals surface area contributed by atoms with E-state index in [1.54, 1.807) is 0 Å². The molecule has 0 saturated heterocycles. The van der Waals surface area contributed by atoms with E-state index in [-0.39, 0.29) is 6.10 Å². The minimum atomic E-state index is -0.0288. The van der Waals surface area contributed by atoms with E-state index in [1.165, 1.54) is 0 Å². The van der Waals surface area contributed by atoms with Crippen LogP contribution in [0.2, 0.25) is 5.02 Å². The number of benzene rings is 2. The van der Waals surface area contributed by atoms with Gasteiger partial charge < -0.3 is 4.74 Å².